The van der Waals surface area contributed by atoms with Crippen LogP contribution in [0.2, 0.25) is 5.02 Å². The van der Waals surface area contributed by atoms with Gasteiger partial charge in [-0.25, -0.2) is 9.97 Å². The van der Waals surface area contributed by atoms with Crippen molar-refractivity contribution in [2.45, 2.75) is 13.0 Å². The van der Waals surface area contributed by atoms with Crippen LogP contribution in [0.25, 0.3) is 0 Å². The molecule has 1 aromatic carbocycles. The predicted molar refractivity (Wildman–Crippen MR) is 82.4 cm³/mol. The molecule has 0 radical (unpaired) electrons. The van der Waals surface area contributed by atoms with Crippen molar-refractivity contribution < 1.29 is 0 Å². The van der Waals surface area contributed by atoms with Gasteiger partial charge < -0.3 is 10.6 Å². The first-order chi connectivity index (χ1) is 9.00. The Morgan fingerprint density at radius 2 is 2.11 bits per heavy atom. The summed E-state index contributed by atoms with van der Waals surface area (Å²) in [7, 11) is 1.96. The minimum absolute atomic E-state index is 0.115. The SMILES string of the molecule is CC(c1cccc(Cl)c1)N(C)c1ncnc(N)c1Br. The zero-order valence-corrected chi connectivity index (χ0v) is 13.0. The molecular weight excluding hydrogens is 328 g/mol. The Bertz CT molecular complexity index is 591. The molecule has 19 heavy (non-hydrogen) atoms. The monoisotopic (exact) mass is 340 g/mol. The van der Waals surface area contributed by atoms with Crippen LogP contribution in [0.15, 0.2) is 35.1 Å². The topological polar surface area (TPSA) is 55.0 Å². The normalized spacial score (nSPS) is 12.2. The average Bonchev–Trinajstić information content (AvgIpc) is 2.40. The van der Waals surface area contributed by atoms with Crippen LogP contribution in [-0.2, 0) is 0 Å². The molecule has 1 aromatic heterocycles. The predicted octanol–water partition coefficient (Wildman–Crippen LogP) is 3.67. The van der Waals surface area contributed by atoms with Crippen molar-refractivity contribution in [1.82, 2.24) is 9.97 Å². The summed E-state index contributed by atoms with van der Waals surface area (Å²) in [6.07, 6.45) is 1.45. The third-order valence-corrected chi connectivity index (χ3v) is 4.04. The second-order valence-electron chi connectivity index (χ2n) is 4.24. The van der Waals surface area contributed by atoms with E-state index < -0.39 is 0 Å². The first-order valence-corrected chi connectivity index (χ1v) is 6.92. The van der Waals surface area contributed by atoms with E-state index in [1.54, 1.807) is 0 Å². The van der Waals surface area contributed by atoms with Gasteiger partial charge >= 0.3 is 0 Å². The third-order valence-electron chi connectivity index (χ3n) is 3.04. The van der Waals surface area contributed by atoms with E-state index in [4.69, 9.17) is 17.3 Å². The number of rotatable bonds is 3. The average molecular weight is 342 g/mol. The Balaban J connectivity index is 2.33. The van der Waals surface area contributed by atoms with Crippen LogP contribution in [0.5, 0.6) is 0 Å². The molecule has 2 aromatic rings. The quantitative estimate of drug-likeness (QED) is 0.925. The van der Waals surface area contributed by atoms with Crippen molar-refractivity contribution in [3.8, 4) is 0 Å². The molecule has 1 atom stereocenters. The number of nitrogens with two attached hydrogens (primary N) is 1. The maximum absolute atomic E-state index is 6.02. The summed E-state index contributed by atoms with van der Waals surface area (Å²) >= 11 is 9.44. The number of nitrogens with zero attached hydrogens (tertiary/aromatic N) is 3. The van der Waals surface area contributed by atoms with Crippen LogP contribution in [0.4, 0.5) is 11.6 Å². The van der Waals surface area contributed by atoms with E-state index in [9.17, 15) is 0 Å². The number of anilines is 2. The summed E-state index contributed by atoms with van der Waals surface area (Å²) in [5.74, 6) is 1.18. The van der Waals surface area contributed by atoms with E-state index >= 15 is 0 Å². The lowest BCUT2D eigenvalue weighted by Gasteiger charge is -2.27. The number of hydrogen-bond acceptors (Lipinski definition) is 4. The van der Waals surface area contributed by atoms with Gasteiger partial charge in [-0.1, -0.05) is 23.7 Å². The number of aromatic nitrogens is 2. The second kappa shape index (κ2) is 5.75. The van der Waals surface area contributed by atoms with Crippen molar-refractivity contribution in [3.63, 3.8) is 0 Å². The van der Waals surface area contributed by atoms with Gasteiger partial charge in [-0.2, -0.15) is 0 Å². The van der Waals surface area contributed by atoms with Gasteiger partial charge in [-0.3, -0.25) is 0 Å². The zero-order valence-electron chi connectivity index (χ0n) is 10.6. The smallest absolute Gasteiger partial charge is 0.148 e. The lowest BCUT2D eigenvalue weighted by molar-refractivity contribution is 0.725. The van der Waals surface area contributed by atoms with Crippen LogP contribution >= 0.6 is 27.5 Å². The zero-order chi connectivity index (χ0) is 14.0. The van der Waals surface area contributed by atoms with Crippen LogP contribution in [0, 0.1) is 0 Å². The van der Waals surface area contributed by atoms with E-state index in [2.05, 4.69) is 32.8 Å². The molecule has 1 heterocycles. The molecule has 0 saturated carbocycles. The molecule has 0 saturated heterocycles. The van der Waals surface area contributed by atoms with E-state index in [0.717, 1.165) is 16.4 Å². The Labute approximate surface area is 125 Å². The summed E-state index contributed by atoms with van der Waals surface area (Å²) in [6, 6.07) is 7.89. The largest absolute Gasteiger partial charge is 0.383 e. The van der Waals surface area contributed by atoms with Crippen molar-refractivity contribution >= 4 is 39.2 Å². The highest BCUT2D eigenvalue weighted by atomic mass is 79.9. The highest BCUT2D eigenvalue weighted by Gasteiger charge is 2.17. The Kier molecular flexibility index (Phi) is 4.27. The Morgan fingerprint density at radius 3 is 2.79 bits per heavy atom. The van der Waals surface area contributed by atoms with Gasteiger partial charge in [0.15, 0.2) is 0 Å². The molecule has 0 aliphatic carbocycles. The lowest BCUT2D eigenvalue weighted by Crippen LogP contribution is -2.23. The Hall–Kier alpha value is -1.33. The molecule has 4 nitrogen and oxygen atoms in total. The molecule has 0 aliphatic rings. The molecule has 6 heteroatoms. The lowest BCUT2D eigenvalue weighted by atomic mass is 10.1. The third kappa shape index (κ3) is 2.98. The fourth-order valence-corrected chi connectivity index (χ4v) is 2.48. The van der Waals surface area contributed by atoms with Crippen molar-refractivity contribution in [3.05, 3.63) is 45.7 Å². The van der Waals surface area contributed by atoms with E-state index in [1.807, 2.05) is 36.2 Å². The molecule has 0 fully saturated rings. The highest BCUT2D eigenvalue weighted by molar-refractivity contribution is 9.10. The summed E-state index contributed by atoms with van der Waals surface area (Å²) in [5, 5.41) is 0.721. The fraction of sp³-hybridized carbons (Fsp3) is 0.231. The molecule has 100 valence electrons. The van der Waals surface area contributed by atoms with Crippen LogP contribution < -0.4 is 10.6 Å². The van der Waals surface area contributed by atoms with Crippen molar-refractivity contribution in [2.75, 3.05) is 17.7 Å². The van der Waals surface area contributed by atoms with Gasteiger partial charge in [0.1, 0.15) is 22.4 Å². The van der Waals surface area contributed by atoms with Gasteiger partial charge in [0.25, 0.3) is 0 Å². The highest BCUT2D eigenvalue weighted by Crippen LogP contribution is 2.32. The first kappa shape index (κ1) is 14.1. The Morgan fingerprint density at radius 1 is 1.37 bits per heavy atom. The van der Waals surface area contributed by atoms with Crippen LogP contribution in [0.1, 0.15) is 18.5 Å². The van der Waals surface area contributed by atoms with E-state index in [-0.39, 0.29) is 6.04 Å². The minimum atomic E-state index is 0.115. The molecule has 2 rings (SSSR count). The van der Waals surface area contributed by atoms with Crippen LogP contribution in [-0.4, -0.2) is 17.0 Å². The summed E-state index contributed by atoms with van der Waals surface area (Å²) in [6.45, 7) is 2.08. The van der Waals surface area contributed by atoms with Crippen LogP contribution in [0.3, 0.4) is 0 Å². The van der Waals surface area contributed by atoms with E-state index in [1.165, 1.54) is 6.33 Å². The summed E-state index contributed by atoms with van der Waals surface area (Å²) in [5.41, 5.74) is 6.89. The standard InChI is InChI=1S/C13H14BrClN4/c1-8(9-4-3-5-10(15)6-9)19(2)13-11(14)12(16)17-7-18-13/h3-8H,1-2H3,(H2,16,17,18). The fourth-order valence-electron chi connectivity index (χ4n) is 1.79. The van der Waals surface area contributed by atoms with Gasteiger partial charge in [-0.15, -0.1) is 0 Å². The molecule has 0 spiro atoms. The summed E-state index contributed by atoms with van der Waals surface area (Å²) < 4.78 is 0.700. The molecule has 1 unspecified atom stereocenters. The molecule has 0 bridgehead atoms. The van der Waals surface area contributed by atoms with Gasteiger partial charge in [0, 0.05) is 12.1 Å². The molecule has 2 N–H and O–H groups in total. The molecular formula is C13H14BrClN4. The molecule has 0 aliphatic heterocycles. The number of hydrogen-bond donors (Lipinski definition) is 1. The van der Waals surface area contributed by atoms with Crippen molar-refractivity contribution in [2.24, 2.45) is 0 Å². The number of halogens is 2. The number of benzene rings is 1. The van der Waals surface area contributed by atoms with Gasteiger partial charge in [-0.05, 0) is 40.5 Å². The first-order valence-electron chi connectivity index (χ1n) is 5.75. The maximum atomic E-state index is 6.02. The maximum Gasteiger partial charge on any atom is 0.148 e. The number of nitrogen functional groups attached to an aromatic ring is 1. The van der Waals surface area contributed by atoms with Gasteiger partial charge in [0.05, 0.1) is 6.04 Å². The van der Waals surface area contributed by atoms with E-state index in [0.29, 0.717) is 10.3 Å². The van der Waals surface area contributed by atoms with Gasteiger partial charge in [0.2, 0.25) is 0 Å². The molecule has 0 amide bonds. The van der Waals surface area contributed by atoms with Crippen molar-refractivity contribution in [1.29, 1.82) is 0 Å². The summed E-state index contributed by atoms with van der Waals surface area (Å²) in [4.78, 5) is 10.2. The minimum Gasteiger partial charge on any atom is -0.383 e. The second-order valence-corrected chi connectivity index (χ2v) is 5.47.